The van der Waals surface area contributed by atoms with E-state index in [1.807, 2.05) is 32.9 Å². The number of nitrogens with zero attached hydrogens (tertiary/aromatic N) is 1. The Bertz CT molecular complexity index is 423. The molecule has 0 spiro atoms. The van der Waals surface area contributed by atoms with Crippen LogP contribution in [0.3, 0.4) is 0 Å². The molecule has 0 aromatic carbocycles. The molecular formula is C14H23N3O2. The Morgan fingerprint density at radius 1 is 1.42 bits per heavy atom. The van der Waals surface area contributed by atoms with Crippen molar-refractivity contribution in [2.45, 2.75) is 45.3 Å². The van der Waals surface area contributed by atoms with E-state index >= 15 is 0 Å². The number of anilines is 2. The number of pyridine rings is 1. The zero-order valence-corrected chi connectivity index (χ0v) is 11.9. The third-order valence-electron chi connectivity index (χ3n) is 2.80. The van der Waals surface area contributed by atoms with Gasteiger partial charge in [0.2, 0.25) is 5.88 Å². The fraction of sp³-hybridized carbons (Fsp3) is 0.643. The van der Waals surface area contributed by atoms with Crippen molar-refractivity contribution in [3.05, 3.63) is 12.1 Å². The molecule has 0 bridgehead atoms. The summed E-state index contributed by atoms with van der Waals surface area (Å²) in [7, 11) is 0. The fourth-order valence-electron chi connectivity index (χ4n) is 1.97. The van der Waals surface area contributed by atoms with E-state index in [1.54, 1.807) is 0 Å². The van der Waals surface area contributed by atoms with E-state index < -0.39 is 0 Å². The predicted octanol–water partition coefficient (Wildman–Crippen LogP) is 2.43. The summed E-state index contributed by atoms with van der Waals surface area (Å²) in [6, 6.07) is 4.01. The lowest BCUT2D eigenvalue weighted by molar-refractivity contribution is 0.0874. The SMILES string of the molecule is CC(C)(C)Oc1nc(NC2CCCOC2)ccc1N. The van der Waals surface area contributed by atoms with Crippen molar-refractivity contribution in [2.75, 3.05) is 24.3 Å². The Morgan fingerprint density at radius 3 is 2.84 bits per heavy atom. The van der Waals surface area contributed by atoms with Crippen molar-refractivity contribution in [3.63, 3.8) is 0 Å². The molecule has 1 aromatic rings. The number of aromatic nitrogens is 1. The molecule has 1 aliphatic heterocycles. The van der Waals surface area contributed by atoms with E-state index in [4.69, 9.17) is 15.2 Å². The Kier molecular flexibility index (Phi) is 4.14. The maximum absolute atomic E-state index is 5.89. The summed E-state index contributed by atoms with van der Waals surface area (Å²) in [6.07, 6.45) is 2.18. The van der Waals surface area contributed by atoms with Gasteiger partial charge in [-0.2, -0.15) is 4.98 Å². The van der Waals surface area contributed by atoms with Crippen molar-refractivity contribution in [2.24, 2.45) is 0 Å². The lowest BCUT2D eigenvalue weighted by Gasteiger charge is -2.25. The summed E-state index contributed by atoms with van der Waals surface area (Å²) in [4.78, 5) is 4.44. The normalized spacial score (nSPS) is 20.1. The van der Waals surface area contributed by atoms with Gasteiger partial charge in [-0.15, -0.1) is 0 Å². The molecule has 1 fully saturated rings. The van der Waals surface area contributed by atoms with Gasteiger partial charge in [-0.05, 0) is 45.7 Å². The van der Waals surface area contributed by atoms with Gasteiger partial charge < -0.3 is 20.5 Å². The van der Waals surface area contributed by atoms with Crippen LogP contribution >= 0.6 is 0 Å². The first-order chi connectivity index (χ1) is 8.94. The van der Waals surface area contributed by atoms with Crippen LogP contribution in [0.4, 0.5) is 11.5 Å². The monoisotopic (exact) mass is 265 g/mol. The maximum atomic E-state index is 5.89. The number of nitrogen functional groups attached to an aromatic ring is 1. The standard InChI is InChI=1S/C14H23N3O2/c1-14(2,3)19-13-11(15)6-7-12(17-13)16-10-5-4-8-18-9-10/h6-7,10H,4-5,8-9,15H2,1-3H3,(H,16,17). The van der Waals surface area contributed by atoms with E-state index in [0.717, 1.165) is 31.9 Å². The minimum absolute atomic E-state index is 0.312. The summed E-state index contributed by atoms with van der Waals surface area (Å²) >= 11 is 0. The van der Waals surface area contributed by atoms with Crippen LogP contribution in [0, 0.1) is 0 Å². The van der Waals surface area contributed by atoms with Crippen LogP contribution < -0.4 is 15.8 Å². The molecule has 1 saturated heterocycles. The summed E-state index contributed by atoms with van der Waals surface area (Å²) in [5, 5.41) is 3.36. The van der Waals surface area contributed by atoms with E-state index in [0.29, 0.717) is 17.6 Å². The fourth-order valence-corrected chi connectivity index (χ4v) is 1.97. The Labute approximate surface area is 114 Å². The van der Waals surface area contributed by atoms with Gasteiger partial charge in [0.25, 0.3) is 0 Å². The van der Waals surface area contributed by atoms with Crippen molar-refractivity contribution in [1.82, 2.24) is 4.98 Å². The van der Waals surface area contributed by atoms with E-state index in [-0.39, 0.29) is 5.60 Å². The average Bonchev–Trinajstić information content (AvgIpc) is 2.33. The summed E-state index contributed by atoms with van der Waals surface area (Å²) in [5.74, 6) is 1.26. The van der Waals surface area contributed by atoms with Crippen molar-refractivity contribution in [1.29, 1.82) is 0 Å². The molecule has 106 valence electrons. The molecule has 1 atom stereocenters. The average molecular weight is 265 g/mol. The predicted molar refractivity (Wildman–Crippen MR) is 76.5 cm³/mol. The summed E-state index contributed by atoms with van der Waals surface area (Å²) in [6.45, 7) is 7.50. The molecule has 1 aliphatic rings. The summed E-state index contributed by atoms with van der Waals surface area (Å²) < 4.78 is 11.2. The van der Waals surface area contributed by atoms with Crippen molar-refractivity contribution >= 4 is 11.5 Å². The first-order valence-electron chi connectivity index (χ1n) is 6.74. The topological polar surface area (TPSA) is 69.4 Å². The third-order valence-corrected chi connectivity index (χ3v) is 2.80. The molecule has 5 heteroatoms. The zero-order valence-electron chi connectivity index (χ0n) is 11.9. The molecule has 0 radical (unpaired) electrons. The van der Waals surface area contributed by atoms with Gasteiger partial charge in [-0.3, -0.25) is 0 Å². The Hall–Kier alpha value is -1.49. The van der Waals surface area contributed by atoms with E-state index in [2.05, 4.69) is 10.3 Å². The Morgan fingerprint density at radius 2 is 2.21 bits per heavy atom. The van der Waals surface area contributed by atoms with Gasteiger partial charge in [-0.25, -0.2) is 0 Å². The minimum atomic E-state index is -0.312. The van der Waals surface area contributed by atoms with Crippen LogP contribution in [0.25, 0.3) is 0 Å². The lowest BCUT2D eigenvalue weighted by Crippen LogP contribution is -2.30. The van der Waals surface area contributed by atoms with E-state index in [9.17, 15) is 0 Å². The molecule has 3 N–H and O–H groups in total. The Balaban J connectivity index is 2.07. The molecule has 5 nitrogen and oxygen atoms in total. The van der Waals surface area contributed by atoms with Crippen LogP contribution in [0.5, 0.6) is 5.88 Å². The largest absolute Gasteiger partial charge is 0.470 e. The second-order valence-electron chi connectivity index (χ2n) is 5.86. The quantitative estimate of drug-likeness (QED) is 0.878. The number of nitrogens with one attached hydrogen (secondary N) is 1. The van der Waals surface area contributed by atoms with Crippen molar-refractivity contribution in [3.8, 4) is 5.88 Å². The summed E-state index contributed by atoms with van der Waals surface area (Å²) in [5.41, 5.74) is 6.13. The number of nitrogens with two attached hydrogens (primary N) is 1. The molecule has 0 aliphatic carbocycles. The number of ether oxygens (including phenoxy) is 2. The number of hydrogen-bond donors (Lipinski definition) is 2. The highest BCUT2D eigenvalue weighted by Gasteiger charge is 2.17. The minimum Gasteiger partial charge on any atom is -0.470 e. The van der Waals surface area contributed by atoms with Crippen LogP contribution in [-0.4, -0.2) is 29.8 Å². The first kappa shape index (κ1) is 13.9. The molecule has 2 rings (SSSR count). The van der Waals surface area contributed by atoms with Crippen LogP contribution in [0.1, 0.15) is 33.6 Å². The number of rotatable bonds is 3. The van der Waals surface area contributed by atoms with E-state index in [1.165, 1.54) is 0 Å². The lowest BCUT2D eigenvalue weighted by atomic mass is 10.1. The molecule has 1 aromatic heterocycles. The molecule has 2 heterocycles. The highest BCUT2D eigenvalue weighted by atomic mass is 16.5. The molecule has 0 amide bonds. The van der Waals surface area contributed by atoms with Gasteiger partial charge in [0.15, 0.2) is 0 Å². The van der Waals surface area contributed by atoms with Gasteiger partial charge in [0.1, 0.15) is 11.4 Å². The second-order valence-corrected chi connectivity index (χ2v) is 5.86. The smallest absolute Gasteiger partial charge is 0.239 e. The molecule has 1 unspecified atom stereocenters. The third kappa shape index (κ3) is 4.28. The zero-order chi connectivity index (χ0) is 13.9. The first-order valence-corrected chi connectivity index (χ1v) is 6.74. The van der Waals surface area contributed by atoms with Gasteiger partial charge in [0, 0.05) is 6.61 Å². The number of hydrogen-bond acceptors (Lipinski definition) is 5. The maximum Gasteiger partial charge on any atom is 0.239 e. The van der Waals surface area contributed by atoms with Gasteiger partial charge in [0.05, 0.1) is 18.3 Å². The highest BCUT2D eigenvalue weighted by molar-refractivity contribution is 5.54. The highest BCUT2D eigenvalue weighted by Crippen LogP contribution is 2.25. The van der Waals surface area contributed by atoms with Gasteiger partial charge in [-0.1, -0.05) is 0 Å². The second kappa shape index (κ2) is 5.65. The van der Waals surface area contributed by atoms with Gasteiger partial charge >= 0.3 is 0 Å². The van der Waals surface area contributed by atoms with Crippen LogP contribution in [-0.2, 0) is 4.74 Å². The molecule has 19 heavy (non-hydrogen) atoms. The van der Waals surface area contributed by atoms with Crippen LogP contribution in [0.2, 0.25) is 0 Å². The molecule has 0 saturated carbocycles. The van der Waals surface area contributed by atoms with Crippen molar-refractivity contribution < 1.29 is 9.47 Å². The van der Waals surface area contributed by atoms with Crippen LogP contribution in [0.15, 0.2) is 12.1 Å². The molecular weight excluding hydrogens is 242 g/mol.